The van der Waals surface area contributed by atoms with E-state index in [9.17, 15) is 4.79 Å². The first kappa shape index (κ1) is 11.0. The van der Waals surface area contributed by atoms with Crippen LogP contribution in [0.15, 0.2) is 18.2 Å². The third kappa shape index (κ3) is 1.77. The highest BCUT2D eigenvalue weighted by Gasteiger charge is 2.29. The lowest BCUT2D eigenvalue weighted by atomic mass is 9.82. The molecular formula is C13H17NO2. The number of hydrogen-bond donors (Lipinski definition) is 1. The second-order valence-electron chi connectivity index (χ2n) is 4.53. The summed E-state index contributed by atoms with van der Waals surface area (Å²) in [6.45, 7) is 4.29. The zero-order chi connectivity index (χ0) is 11.7. The third-order valence-corrected chi connectivity index (χ3v) is 3.15. The first-order valence-corrected chi connectivity index (χ1v) is 5.60. The normalized spacial score (nSPS) is 19.2. The lowest BCUT2D eigenvalue weighted by Crippen LogP contribution is -2.25. The van der Waals surface area contributed by atoms with Crippen LogP contribution in [0.5, 0.6) is 5.75 Å². The van der Waals surface area contributed by atoms with Crippen molar-refractivity contribution in [2.45, 2.75) is 26.2 Å². The van der Waals surface area contributed by atoms with Crippen molar-refractivity contribution < 1.29 is 9.53 Å². The van der Waals surface area contributed by atoms with Crippen molar-refractivity contribution in [3.63, 3.8) is 0 Å². The highest BCUT2D eigenvalue weighted by Crippen LogP contribution is 2.41. The molecular weight excluding hydrogens is 202 g/mol. The van der Waals surface area contributed by atoms with Gasteiger partial charge in [-0.2, -0.15) is 0 Å². The number of carbonyl (C=O) groups is 1. The average Bonchev–Trinajstić information content (AvgIpc) is 2.27. The van der Waals surface area contributed by atoms with Crippen LogP contribution in [0.3, 0.4) is 0 Å². The van der Waals surface area contributed by atoms with Crippen LogP contribution >= 0.6 is 0 Å². The van der Waals surface area contributed by atoms with Crippen molar-refractivity contribution >= 4 is 11.6 Å². The van der Waals surface area contributed by atoms with Crippen LogP contribution in [-0.4, -0.2) is 13.0 Å². The summed E-state index contributed by atoms with van der Waals surface area (Å²) < 4.78 is 5.27. The Morgan fingerprint density at radius 1 is 1.44 bits per heavy atom. The van der Waals surface area contributed by atoms with E-state index in [2.05, 4.69) is 25.2 Å². The molecule has 1 heterocycles. The van der Waals surface area contributed by atoms with E-state index in [-0.39, 0.29) is 5.91 Å². The zero-order valence-electron chi connectivity index (χ0n) is 9.91. The van der Waals surface area contributed by atoms with Crippen molar-refractivity contribution in [2.24, 2.45) is 5.92 Å². The Balaban J connectivity index is 2.51. The van der Waals surface area contributed by atoms with E-state index in [0.717, 1.165) is 11.4 Å². The third-order valence-electron chi connectivity index (χ3n) is 3.15. The van der Waals surface area contributed by atoms with Gasteiger partial charge in [-0.05, 0) is 23.5 Å². The highest BCUT2D eigenvalue weighted by atomic mass is 16.5. The molecule has 0 fully saturated rings. The Bertz CT molecular complexity index is 412. The molecule has 0 radical (unpaired) electrons. The molecule has 0 spiro atoms. The van der Waals surface area contributed by atoms with Gasteiger partial charge in [0.15, 0.2) is 0 Å². The van der Waals surface area contributed by atoms with E-state index >= 15 is 0 Å². The molecule has 0 bridgehead atoms. The second-order valence-corrected chi connectivity index (χ2v) is 4.53. The molecule has 2 rings (SSSR count). The zero-order valence-corrected chi connectivity index (χ0v) is 9.91. The topological polar surface area (TPSA) is 38.3 Å². The van der Waals surface area contributed by atoms with Crippen LogP contribution in [0.1, 0.15) is 31.7 Å². The number of rotatable bonds is 2. The Kier molecular flexibility index (Phi) is 2.86. The minimum atomic E-state index is 0.0794. The van der Waals surface area contributed by atoms with Gasteiger partial charge in [0.1, 0.15) is 5.75 Å². The fourth-order valence-corrected chi connectivity index (χ4v) is 2.26. The molecule has 1 N–H and O–H groups in total. The molecule has 1 atom stereocenters. The van der Waals surface area contributed by atoms with Crippen LogP contribution in [0, 0.1) is 5.92 Å². The molecule has 3 nitrogen and oxygen atoms in total. The van der Waals surface area contributed by atoms with Gasteiger partial charge in [0.2, 0.25) is 5.91 Å². The summed E-state index contributed by atoms with van der Waals surface area (Å²) in [5.41, 5.74) is 2.04. The molecule has 0 aromatic heterocycles. The second kappa shape index (κ2) is 4.16. The molecule has 3 heteroatoms. The monoisotopic (exact) mass is 219 g/mol. The van der Waals surface area contributed by atoms with Gasteiger partial charge in [0.25, 0.3) is 0 Å². The number of nitrogens with one attached hydrogen (secondary N) is 1. The minimum Gasteiger partial charge on any atom is -0.495 e. The predicted octanol–water partition coefficient (Wildman–Crippen LogP) is 2.78. The van der Waals surface area contributed by atoms with Gasteiger partial charge in [-0.1, -0.05) is 26.0 Å². The van der Waals surface area contributed by atoms with E-state index in [1.54, 1.807) is 7.11 Å². The molecule has 1 aromatic rings. The lowest BCUT2D eigenvalue weighted by molar-refractivity contribution is -0.117. The van der Waals surface area contributed by atoms with Gasteiger partial charge in [-0.3, -0.25) is 4.79 Å². The summed E-state index contributed by atoms with van der Waals surface area (Å²) in [6.07, 6.45) is 0.567. The molecule has 1 aromatic carbocycles. The summed E-state index contributed by atoms with van der Waals surface area (Å²) >= 11 is 0. The molecule has 1 aliphatic heterocycles. The van der Waals surface area contributed by atoms with Crippen molar-refractivity contribution in [1.82, 2.24) is 0 Å². The van der Waals surface area contributed by atoms with Crippen LogP contribution < -0.4 is 10.1 Å². The fraction of sp³-hybridized carbons (Fsp3) is 0.462. The van der Waals surface area contributed by atoms with Crippen LogP contribution in [0.25, 0.3) is 0 Å². The number of fused-ring (bicyclic) bond motifs is 1. The number of amides is 1. The largest absolute Gasteiger partial charge is 0.495 e. The van der Waals surface area contributed by atoms with Crippen molar-refractivity contribution in [2.75, 3.05) is 12.4 Å². The summed E-state index contributed by atoms with van der Waals surface area (Å²) in [5.74, 6) is 1.57. The van der Waals surface area contributed by atoms with Gasteiger partial charge in [-0.25, -0.2) is 0 Å². The number of ether oxygens (including phenoxy) is 1. The quantitative estimate of drug-likeness (QED) is 0.830. The van der Waals surface area contributed by atoms with Gasteiger partial charge in [-0.15, -0.1) is 0 Å². The SMILES string of the molecule is COc1cccc2c1NC(=O)CC2C(C)C. The van der Waals surface area contributed by atoms with E-state index in [1.807, 2.05) is 12.1 Å². The number of carbonyl (C=O) groups excluding carboxylic acids is 1. The smallest absolute Gasteiger partial charge is 0.225 e. The molecule has 86 valence electrons. The summed E-state index contributed by atoms with van der Waals surface area (Å²) in [7, 11) is 1.63. The summed E-state index contributed by atoms with van der Waals surface area (Å²) in [5, 5.41) is 2.90. The first-order valence-electron chi connectivity index (χ1n) is 5.60. The number of benzene rings is 1. The maximum absolute atomic E-state index is 11.6. The molecule has 0 saturated heterocycles. The number of hydrogen-bond acceptors (Lipinski definition) is 2. The standard InChI is InChI=1S/C13H17NO2/c1-8(2)10-7-12(15)14-13-9(10)5-4-6-11(13)16-3/h4-6,8,10H,7H2,1-3H3,(H,14,15). The average molecular weight is 219 g/mol. The van der Waals surface area contributed by atoms with Crippen molar-refractivity contribution in [3.05, 3.63) is 23.8 Å². The minimum absolute atomic E-state index is 0.0794. The lowest BCUT2D eigenvalue weighted by Gasteiger charge is -2.29. The van der Waals surface area contributed by atoms with Crippen LogP contribution in [0.4, 0.5) is 5.69 Å². The van der Waals surface area contributed by atoms with Gasteiger partial charge < -0.3 is 10.1 Å². The van der Waals surface area contributed by atoms with Crippen LogP contribution in [0.2, 0.25) is 0 Å². The Labute approximate surface area is 95.8 Å². The fourth-order valence-electron chi connectivity index (χ4n) is 2.26. The number of para-hydroxylation sites is 1. The van der Waals surface area contributed by atoms with E-state index in [1.165, 1.54) is 5.56 Å². The molecule has 1 unspecified atom stereocenters. The van der Waals surface area contributed by atoms with Gasteiger partial charge >= 0.3 is 0 Å². The predicted molar refractivity (Wildman–Crippen MR) is 63.8 cm³/mol. The Morgan fingerprint density at radius 3 is 2.81 bits per heavy atom. The molecule has 1 aliphatic rings. The Hall–Kier alpha value is -1.51. The maximum atomic E-state index is 11.6. The molecule has 0 saturated carbocycles. The maximum Gasteiger partial charge on any atom is 0.225 e. The van der Waals surface area contributed by atoms with Gasteiger partial charge in [0, 0.05) is 6.42 Å². The van der Waals surface area contributed by atoms with Crippen molar-refractivity contribution in [1.29, 1.82) is 0 Å². The Morgan fingerprint density at radius 2 is 2.19 bits per heavy atom. The number of methoxy groups -OCH3 is 1. The van der Waals surface area contributed by atoms with Gasteiger partial charge in [0.05, 0.1) is 12.8 Å². The number of anilines is 1. The van der Waals surface area contributed by atoms with Crippen LogP contribution in [-0.2, 0) is 4.79 Å². The summed E-state index contributed by atoms with van der Waals surface area (Å²) in [6, 6.07) is 5.92. The molecule has 1 amide bonds. The van der Waals surface area contributed by atoms with Crippen molar-refractivity contribution in [3.8, 4) is 5.75 Å². The summed E-state index contributed by atoms with van der Waals surface area (Å²) in [4.78, 5) is 11.6. The molecule has 16 heavy (non-hydrogen) atoms. The van der Waals surface area contributed by atoms with E-state index in [4.69, 9.17) is 4.74 Å². The molecule has 0 aliphatic carbocycles. The van der Waals surface area contributed by atoms with E-state index in [0.29, 0.717) is 18.3 Å². The highest BCUT2D eigenvalue weighted by molar-refractivity contribution is 5.96. The first-order chi connectivity index (χ1) is 7.63. The van der Waals surface area contributed by atoms with E-state index < -0.39 is 0 Å².